The Bertz CT molecular complexity index is 281. The molecule has 0 aromatic rings. The number of aliphatic hydroxyl groups is 2. The van der Waals surface area contributed by atoms with E-state index in [2.05, 4.69) is 8.92 Å². The third-order valence-corrected chi connectivity index (χ3v) is 1.35. The topological polar surface area (TPSA) is 110 Å². The van der Waals surface area contributed by atoms with E-state index in [1.807, 2.05) is 0 Å². The second-order valence-electron chi connectivity index (χ2n) is 2.25. The average Bonchev–Trinajstić information content (AvgIpc) is 1.81. The molecule has 0 saturated carbocycles. The number of aliphatic hydroxyl groups excluding tert-OH is 1. The summed E-state index contributed by atoms with van der Waals surface area (Å²) in [5.41, 5.74) is 0. The number of carbonyl (C=O) groups is 1. The Morgan fingerprint density at radius 2 is 2.00 bits per heavy atom. The maximum atomic E-state index is 10.5. The molecule has 0 radical (unpaired) electrons. The summed E-state index contributed by atoms with van der Waals surface area (Å²) in [5, 5.41) is 17.5. The molecule has 8 heteroatoms. The molecule has 0 spiro atoms. The maximum absolute atomic E-state index is 10.5. The highest BCUT2D eigenvalue weighted by Crippen LogP contribution is 2.11. The van der Waals surface area contributed by atoms with E-state index in [9.17, 15) is 13.2 Å². The third-order valence-electron chi connectivity index (χ3n) is 0.785. The molecule has 0 fully saturated rings. The quantitative estimate of drug-likeness (QED) is 0.321. The Balaban J connectivity index is 4.55. The smallest absolute Gasteiger partial charge is 0.365 e. The first kappa shape index (κ1) is 12.3. The zero-order chi connectivity index (χ0) is 10.7. The summed E-state index contributed by atoms with van der Waals surface area (Å²) in [5.74, 6) is -3.82. The van der Waals surface area contributed by atoms with Gasteiger partial charge in [-0.05, 0) is 0 Å². The summed E-state index contributed by atoms with van der Waals surface area (Å²) >= 11 is 0. The lowest BCUT2D eigenvalue weighted by Crippen LogP contribution is -2.42. The molecule has 0 bridgehead atoms. The number of ether oxygens (including phenoxy) is 1. The maximum Gasteiger partial charge on any atom is 0.365 e. The van der Waals surface area contributed by atoms with Crippen LogP contribution in [0.1, 0.15) is 6.92 Å². The fourth-order valence-electron chi connectivity index (χ4n) is 0.537. The van der Waals surface area contributed by atoms with Crippen LogP contribution in [0.2, 0.25) is 0 Å². The van der Waals surface area contributed by atoms with Crippen LogP contribution in [0.25, 0.3) is 0 Å². The van der Waals surface area contributed by atoms with Crippen molar-refractivity contribution in [3.63, 3.8) is 0 Å². The Kier molecular flexibility index (Phi) is 3.79. The molecule has 1 unspecified atom stereocenters. The summed E-state index contributed by atoms with van der Waals surface area (Å²) in [6.07, 6.45) is 0.636. The minimum absolute atomic E-state index is 0.636. The summed E-state index contributed by atoms with van der Waals surface area (Å²) in [6, 6.07) is 0. The van der Waals surface area contributed by atoms with Crippen LogP contribution in [-0.4, -0.2) is 43.4 Å². The van der Waals surface area contributed by atoms with Gasteiger partial charge >= 0.3 is 11.9 Å². The molecule has 0 aliphatic carbocycles. The van der Waals surface area contributed by atoms with Gasteiger partial charge in [0.1, 0.15) is 6.61 Å². The van der Waals surface area contributed by atoms with Crippen LogP contribution in [0.3, 0.4) is 0 Å². The molecule has 1 atom stereocenters. The number of esters is 1. The van der Waals surface area contributed by atoms with Gasteiger partial charge in [0, 0.05) is 6.92 Å². The Labute approximate surface area is 75.0 Å². The van der Waals surface area contributed by atoms with E-state index in [1.165, 1.54) is 0 Å². The van der Waals surface area contributed by atoms with E-state index in [-0.39, 0.29) is 0 Å². The van der Waals surface area contributed by atoms with Crippen molar-refractivity contribution in [1.82, 2.24) is 0 Å². The van der Waals surface area contributed by atoms with Crippen molar-refractivity contribution in [2.24, 2.45) is 0 Å². The average molecular weight is 214 g/mol. The summed E-state index contributed by atoms with van der Waals surface area (Å²) in [6.45, 7) is -0.258. The predicted molar refractivity (Wildman–Crippen MR) is 39.7 cm³/mol. The fourth-order valence-corrected chi connectivity index (χ4v) is 1.10. The fraction of sp³-hybridized carbons (Fsp3) is 0.800. The van der Waals surface area contributed by atoms with Gasteiger partial charge in [-0.1, -0.05) is 0 Å². The van der Waals surface area contributed by atoms with E-state index in [1.54, 1.807) is 0 Å². The Hall–Kier alpha value is -0.700. The minimum Gasteiger partial charge on any atom is -0.405 e. The Morgan fingerprint density at radius 3 is 2.23 bits per heavy atom. The van der Waals surface area contributed by atoms with Crippen LogP contribution >= 0.6 is 0 Å². The van der Waals surface area contributed by atoms with Gasteiger partial charge in [0.15, 0.2) is 0 Å². The number of rotatable bonds is 4. The van der Waals surface area contributed by atoms with E-state index < -0.39 is 28.7 Å². The van der Waals surface area contributed by atoms with E-state index in [0.29, 0.717) is 6.26 Å². The number of hydrogen-bond donors (Lipinski definition) is 2. The van der Waals surface area contributed by atoms with Crippen molar-refractivity contribution in [3.8, 4) is 0 Å². The van der Waals surface area contributed by atoms with Crippen molar-refractivity contribution in [2.75, 3.05) is 12.9 Å². The van der Waals surface area contributed by atoms with Gasteiger partial charge in [-0.15, -0.1) is 0 Å². The first-order valence-electron chi connectivity index (χ1n) is 3.12. The van der Waals surface area contributed by atoms with Crippen LogP contribution in [-0.2, 0) is 23.8 Å². The molecule has 78 valence electrons. The molecule has 2 N–H and O–H groups in total. The highest BCUT2D eigenvalue weighted by Gasteiger charge is 2.35. The zero-order valence-corrected chi connectivity index (χ0v) is 7.87. The normalized spacial score (nSPS) is 16.3. The lowest BCUT2D eigenvalue weighted by atomic mass is 10.6. The van der Waals surface area contributed by atoms with E-state index in [4.69, 9.17) is 10.2 Å². The van der Waals surface area contributed by atoms with E-state index in [0.717, 1.165) is 6.92 Å². The lowest BCUT2D eigenvalue weighted by Gasteiger charge is -2.22. The first-order chi connectivity index (χ1) is 5.68. The predicted octanol–water partition coefficient (Wildman–Crippen LogP) is -1.84. The molecule has 0 aliphatic heterocycles. The molecule has 0 aliphatic rings. The summed E-state index contributed by atoms with van der Waals surface area (Å²) in [7, 11) is -4.03. The minimum atomic E-state index is -4.03. The summed E-state index contributed by atoms with van der Waals surface area (Å²) < 4.78 is 29.0. The van der Waals surface area contributed by atoms with Crippen LogP contribution in [0.4, 0.5) is 0 Å². The SMILES string of the molecule is CC(=O)OC(O)(CO)OS(C)(=O)=O. The highest BCUT2D eigenvalue weighted by atomic mass is 32.2. The van der Waals surface area contributed by atoms with Gasteiger partial charge < -0.3 is 14.9 Å². The molecule has 7 nitrogen and oxygen atoms in total. The largest absolute Gasteiger partial charge is 0.405 e. The zero-order valence-electron chi connectivity index (χ0n) is 7.05. The molecule has 0 aromatic heterocycles. The first-order valence-corrected chi connectivity index (χ1v) is 4.93. The van der Waals surface area contributed by atoms with Gasteiger partial charge in [-0.2, -0.15) is 12.6 Å². The van der Waals surface area contributed by atoms with Gasteiger partial charge in [-0.25, -0.2) is 0 Å². The van der Waals surface area contributed by atoms with Crippen molar-refractivity contribution in [1.29, 1.82) is 0 Å². The van der Waals surface area contributed by atoms with Crippen molar-refractivity contribution in [3.05, 3.63) is 0 Å². The van der Waals surface area contributed by atoms with Crippen LogP contribution in [0.15, 0.2) is 0 Å². The second-order valence-corrected chi connectivity index (χ2v) is 3.83. The molecular formula is C5H10O7S. The van der Waals surface area contributed by atoms with Crippen LogP contribution < -0.4 is 0 Å². The van der Waals surface area contributed by atoms with Crippen molar-refractivity contribution in [2.45, 2.75) is 12.9 Å². The molecule has 0 rings (SSSR count). The third kappa shape index (κ3) is 5.53. The Morgan fingerprint density at radius 1 is 1.54 bits per heavy atom. The highest BCUT2D eigenvalue weighted by molar-refractivity contribution is 7.86. The molecule has 0 amide bonds. The van der Waals surface area contributed by atoms with Gasteiger partial charge in [0.25, 0.3) is 10.1 Å². The molecule has 0 aromatic carbocycles. The molecule has 13 heavy (non-hydrogen) atoms. The van der Waals surface area contributed by atoms with Gasteiger partial charge in [-0.3, -0.25) is 4.79 Å². The number of carbonyl (C=O) groups excluding carboxylic acids is 1. The van der Waals surface area contributed by atoms with Crippen molar-refractivity contribution >= 4 is 16.1 Å². The number of hydrogen-bond acceptors (Lipinski definition) is 7. The summed E-state index contributed by atoms with van der Waals surface area (Å²) in [4.78, 5) is 10.3. The van der Waals surface area contributed by atoms with Crippen molar-refractivity contribution < 1.29 is 32.3 Å². The van der Waals surface area contributed by atoms with Crippen LogP contribution in [0, 0.1) is 0 Å². The lowest BCUT2D eigenvalue weighted by molar-refractivity contribution is -0.312. The molecule has 0 heterocycles. The molecule has 0 saturated heterocycles. The molecular weight excluding hydrogens is 204 g/mol. The van der Waals surface area contributed by atoms with Crippen LogP contribution in [0.5, 0.6) is 0 Å². The standard InChI is InChI=1S/C5H10O7S/c1-4(7)11-5(8,3-6)12-13(2,9)10/h6,8H,3H2,1-2H3. The second kappa shape index (κ2) is 4.01. The van der Waals surface area contributed by atoms with E-state index >= 15 is 0 Å². The van der Waals surface area contributed by atoms with Gasteiger partial charge in [0.05, 0.1) is 6.26 Å². The van der Waals surface area contributed by atoms with Gasteiger partial charge in [0.2, 0.25) is 0 Å². The monoisotopic (exact) mass is 214 g/mol.